The van der Waals surface area contributed by atoms with Crippen LogP contribution in [0.5, 0.6) is 11.5 Å². The summed E-state index contributed by atoms with van der Waals surface area (Å²) in [6.45, 7) is 0. The van der Waals surface area contributed by atoms with Crippen LogP contribution in [-0.2, 0) is 4.79 Å². The van der Waals surface area contributed by atoms with E-state index in [0.29, 0.717) is 29.4 Å². The number of carbonyl (C=O) groups excluding carboxylic acids is 1. The van der Waals surface area contributed by atoms with Crippen molar-refractivity contribution in [3.8, 4) is 11.5 Å². The van der Waals surface area contributed by atoms with Gasteiger partial charge in [-0.15, -0.1) is 0 Å². The number of carboxylic acids is 1. The number of methoxy groups -OCH3 is 2. The second-order valence-corrected chi connectivity index (χ2v) is 5.11. The first-order chi connectivity index (χ1) is 10.0. The first kappa shape index (κ1) is 15.2. The van der Waals surface area contributed by atoms with Crippen molar-refractivity contribution in [3.63, 3.8) is 0 Å². The summed E-state index contributed by atoms with van der Waals surface area (Å²) in [6.07, 6.45) is 2.56. The zero-order valence-corrected chi connectivity index (χ0v) is 12.1. The van der Waals surface area contributed by atoms with Gasteiger partial charge in [0.25, 0.3) is 5.91 Å². The zero-order chi connectivity index (χ0) is 15.4. The van der Waals surface area contributed by atoms with Crippen molar-refractivity contribution in [2.24, 2.45) is 5.92 Å². The van der Waals surface area contributed by atoms with E-state index in [2.05, 4.69) is 5.32 Å². The van der Waals surface area contributed by atoms with Gasteiger partial charge in [-0.1, -0.05) is 12.8 Å². The maximum atomic E-state index is 12.2. The third kappa shape index (κ3) is 3.87. The molecule has 1 fully saturated rings. The number of hydrogen-bond donors (Lipinski definition) is 2. The number of benzene rings is 1. The Bertz CT molecular complexity index is 539. The molecule has 2 N–H and O–H groups in total. The molecule has 2 rings (SSSR count). The second kappa shape index (κ2) is 6.47. The molecule has 1 atom stereocenters. The predicted molar refractivity (Wildman–Crippen MR) is 75.8 cm³/mol. The van der Waals surface area contributed by atoms with Crippen LogP contribution in [0.25, 0.3) is 0 Å². The number of aliphatic carboxylic acids is 1. The average Bonchev–Trinajstić information content (AvgIpc) is 3.29. The molecule has 1 unspecified atom stereocenters. The third-order valence-corrected chi connectivity index (χ3v) is 3.52. The fourth-order valence-electron chi connectivity index (χ4n) is 2.13. The molecule has 6 heteroatoms. The lowest BCUT2D eigenvalue weighted by Gasteiger charge is -2.15. The number of ether oxygens (including phenoxy) is 2. The number of carboxylic acid groups (broad SMARTS) is 1. The summed E-state index contributed by atoms with van der Waals surface area (Å²) in [5.74, 6) is -0.0717. The minimum Gasteiger partial charge on any atom is -0.493 e. The third-order valence-electron chi connectivity index (χ3n) is 3.52. The van der Waals surface area contributed by atoms with Gasteiger partial charge in [0.2, 0.25) is 0 Å². The van der Waals surface area contributed by atoms with Crippen molar-refractivity contribution >= 4 is 11.9 Å². The molecule has 114 valence electrons. The number of rotatable bonds is 7. The lowest BCUT2D eigenvalue weighted by Crippen LogP contribution is -2.41. The standard InChI is InChI=1S/C15H19NO5/c1-20-12-6-5-10(8-13(12)21-2)14(17)16-11(15(18)19)7-9-3-4-9/h5-6,8-9,11H,3-4,7H2,1-2H3,(H,16,17)(H,18,19). The Kier molecular flexibility index (Phi) is 4.67. The molecule has 21 heavy (non-hydrogen) atoms. The summed E-state index contributed by atoms with van der Waals surface area (Å²) >= 11 is 0. The lowest BCUT2D eigenvalue weighted by atomic mass is 10.1. The normalized spacial score (nSPS) is 15.1. The summed E-state index contributed by atoms with van der Waals surface area (Å²) in [6, 6.07) is 3.87. The molecule has 1 saturated carbocycles. The highest BCUT2D eigenvalue weighted by atomic mass is 16.5. The Hall–Kier alpha value is -2.24. The van der Waals surface area contributed by atoms with Gasteiger partial charge >= 0.3 is 5.97 Å². The molecule has 1 amide bonds. The monoisotopic (exact) mass is 293 g/mol. The topological polar surface area (TPSA) is 84.9 Å². The van der Waals surface area contributed by atoms with E-state index in [-0.39, 0.29) is 0 Å². The summed E-state index contributed by atoms with van der Waals surface area (Å²) in [4.78, 5) is 23.4. The quantitative estimate of drug-likeness (QED) is 0.799. The highest BCUT2D eigenvalue weighted by Crippen LogP contribution is 2.33. The summed E-state index contributed by atoms with van der Waals surface area (Å²) in [5.41, 5.74) is 0.342. The molecule has 6 nitrogen and oxygen atoms in total. The van der Waals surface area contributed by atoms with E-state index >= 15 is 0 Å². The largest absolute Gasteiger partial charge is 0.493 e. The van der Waals surface area contributed by atoms with Crippen LogP contribution in [0.2, 0.25) is 0 Å². The van der Waals surface area contributed by atoms with Crippen molar-refractivity contribution in [1.82, 2.24) is 5.32 Å². The number of hydrogen-bond acceptors (Lipinski definition) is 4. The van der Waals surface area contributed by atoms with E-state index in [1.54, 1.807) is 12.1 Å². The van der Waals surface area contributed by atoms with Crippen LogP contribution in [0.15, 0.2) is 18.2 Å². The molecule has 0 aliphatic heterocycles. The van der Waals surface area contributed by atoms with Crippen molar-refractivity contribution in [3.05, 3.63) is 23.8 Å². The van der Waals surface area contributed by atoms with Crippen LogP contribution in [0.3, 0.4) is 0 Å². The highest BCUT2D eigenvalue weighted by Gasteiger charge is 2.30. The van der Waals surface area contributed by atoms with E-state index in [1.165, 1.54) is 20.3 Å². The molecular formula is C15H19NO5. The molecule has 0 heterocycles. The first-order valence-corrected chi connectivity index (χ1v) is 6.80. The molecule has 0 aromatic heterocycles. The molecule has 0 radical (unpaired) electrons. The average molecular weight is 293 g/mol. The van der Waals surface area contributed by atoms with Gasteiger partial charge < -0.3 is 19.9 Å². The van der Waals surface area contributed by atoms with Crippen LogP contribution < -0.4 is 14.8 Å². The van der Waals surface area contributed by atoms with Gasteiger partial charge in [-0.2, -0.15) is 0 Å². The number of amides is 1. The van der Waals surface area contributed by atoms with Crippen LogP contribution in [0.4, 0.5) is 0 Å². The van der Waals surface area contributed by atoms with E-state index in [4.69, 9.17) is 14.6 Å². The molecule has 0 spiro atoms. The summed E-state index contributed by atoms with van der Waals surface area (Å²) in [5, 5.41) is 11.7. The molecule has 0 bridgehead atoms. The Morgan fingerprint density at radius 1 is 1.29 bits per heavy atom. The molecule has 1 aliphatic carbocycles. The summed E-state index contributed by atoms with van der Waals surface area (Å²) in [7, 11) is 2.99. The van der Waals surface area contributed by atoms with Crippen LogP contribution in [0.1, 0.15) is 29.6 Å². The van der Waals surface area contributed by atoms with E-state index in [9.17, 15) is 9.59 Å². The highest BCUT2D eigenvalue weighted by molar-refractivity contribution is 5.97. The Morgan fingerprint density at radius 2 is 1.95 bits per heavy atom. The van der Waals surface area contributed by atoms with Gasteiger partial charge in [0, 0.05) is 5.56 Å². The van der Waals surface area contributed by atoms with Crippen LogP contribution in [-0.4, -0.2) is 37.2 Å². The van der Waals surface area contributed by atoms with E-state index in [0.717, 1.165) is 12.8 Å². The minimum atomic E-state index is -1.00. The lowest BCUT2D eigenvalue weighted by molar-refractivity contribution is -0.139. The number of carbonyl (C=O) groups is 2. The SMILES string of the molecule is COc1ccc(C(=O)NC(CC2CC2)C(=O)O)cc1OC. The second-order valence-electron chi connectivity index (χ2n) is 5.11. The van der Waals surface area contributed by atoms with Crippen molar-refractivity contribution in [2.45, 2.75) is 25.3 Å². The minimum absolute atomic E-state index is 0.342. The molecule has 1 aromatic carbocycles. The van der Waals surface area contributed by atoms with Crippen LogP contribution in [0, 0.1) is 5.92 Å². The van der Waals surface area contributed by atoms with Gasteiger partial charge in [-0.25, -0.2) is 4.79 Å². The van der Waals surface area contributed by atoms with Gasteiger partial charge in [0.05, 0.1) is 14.2 Å². The fourth-order valence-corrected chi connectivity index (χ4v) is 2.13. The van der Waals surface area contributed by atoms with Crippen molar-refractivity contribution in [1.29, 1.82) is 0 Å². The van der Waals surface area contributed by atoms with Crippen molar-refractivity contribution in [2.75, 3.05) is 14.2 Å². The van der Waals surface area contributed by atoms with Crippen molar-refractivity contribution < 1.29 is 24.2 Å². The maximum absolute atomic E-state index is 12.2. The Labute approximate surface area is 123 Å². The van der Waals surface area contributed by atoms with E-state index < -0.39 is 17.9 Å². The maximum Gasteiger partial charge on any atom is 0.326 e. The number of nitrogens with one attached hydrogen (secondary N) is 1. The zero-order valence-electron chi connectivity index (χ0n) is 12.1. The molecular weight excluding hydrogens is 274 g/mol. The molecule has 1 aromatic rings. The smallest absolute Gasteiger partial charge is 0.326 e. The summed E-state index contributed by atoms with van der Waals surface area (Å²) < 4.78 is 10.2. The Morgan fingerprint density at radius 3 is 2.48 bits per heavy atom. The van der Waals surface area contributed by atoms with E-state index in [1.807, 2.05) is 0 Å². The van der Waals surface area contributed by atoms with Gasteiger partial charge in [-0.05, 0) is 30.5 Å². The molecule has 0 saturated heterocycles. The predicted octanol–water partition coefficient (Wildman–Crippen LogP) is 1.69. The van der Waals surface area contributed by atoms with Gasteiger partial charge in [0.1, 0.15) is 6.04 Å². The molecule has 1 aliphatic rings. The first-order valence-electron chi connectivity index (χ1n) is 6.80. The van der Waals surface area contributed by atoms with Gasteiger partial charge in [0.15, 0.2) is 11.5 Å². The van der Waals surface area contributed by atoms with Gasteiger partial charge in [-0.3, -0.25) is 4.79 Å². The fraction of sp³-hybridized carbons (Fsp3) is 0.467. The Balaban J connectivity index is 2.09. The van der Waals surface area contributed by atoms with Crippen LogP contribution >= 0.6 is 0 Å².